The van der Waals surface area contributed by atoms with Gasteiger partial charge in [-0.15, -0.1) is 0 Å². The first-order valence-electron chi connectivity index (χ1n) is 6.91. The molecule has 1 aliphatic carbocycles. The van der Waals surface area contributed by atoms with Crippen molar-refractivity contribution < 1.29 is 4.92 Å². The summed E-state index contributed by atoms with van der Waals surface area (Å²) in [4.78, 5) is 10.3. The molecule has 0 fully saturated rings. The van der Waals surface area contributed by atoms with Gasteiger partial charge in [-0.2, -0.15) is 0 Å². The number of nitro benzene ring substituents is 1. The average molecular weight is 303 g/mol. The van der Waals surface area contributed by atoms with Crippen LogP contribution in [0.3, 0.4) is 0 Å². The van der Waals surface area contributed by atoms with Crippen molar-refractivity contribution in [2.45, 2.75) is 25.3 Å². The highest BCUT2D eigenvalue weighted by molar-refractivity contribution is 6.33. The van der Waals surface area contributed by atoms with E-state index in [9.17, 15) is 10.1 Å². The van der Waals surface area contributed by atoms with Crippen LogP contribution in [-0.2, 0) is 12.8 Å². The molecule has 0 aromatic heterocycles. The second kappa shape index (κ2) is 5.74. The number of nitro groups is 1. The van der Waals surface area contributed by atoms with E-state index in [-0.39, 0.29) is 5.69 Å². The molecule has 1 aliphatic rings. The monoisotopic (exact) mass is 302 g/mol. The molecule has 0 saturated carbocycles. The van der Waals surface area contributed by atoms with Crippen molar-refractivity contribution in [3.63, 3.8) is 0 Å². The summed E-state index contributed by atoms with van der Waals surface area (Å²) in [7, 11) is 0. The Morgan fingerprint density at radius 1 is 1.19 bits per heavy atom. The van der Waals surface area contributed by atoms with Crippen molar-refractivity contribution >= 4 is 23.0 Å². The van der Waals surface area contributed by atoms with Gasteiger partial charge >= 0.3 is 0 Å². The van der Waals surface area contributed by atoms with Crippen LogP contribution in [0.4, 0.5) is 11.4 Å². The van der Waals surface area contributed by atoms with Crippen LogP contribution < -0.4 is 5.32 Å². The standard InChI is InChI=1S/C16H15ClN2O2/c17-15-10-14(19(20)21)7-8-16(15)18-13-6-5-11-3-1-2-4-12(11)9-13/h1-4,7-8,10,13,18H,5-6,9H2. The summed E-state index contributed by atoms with van der Waals surface area (Å²) in [5, 5.41) is 14.5. The van der Waals surface area contributed by atoms with Crippen molar-refractivity contribution in [1.82, 2.24) is 0 Å². The van der Waals surface area contributed by atoms with Crippen LogP contribution >= 0.6 is 11.6 Å². The Morgan fingerprint density at radius 2 is 1.95 bits per heavy atom. The van der Waals surface area contributed by atoms with Gasteiger partial charge in [0.25, 0.3) is 5.69 Å². The average Bonchev–Trinajstić information content (AvgIpc) is 2.49. The maximum Gasteiger partial charge on any atom is 0.271 e. The molecule has 108 valence electrons. The van der Waals surface area contributed by atoms with E-state index in [0.717, 1.165) is 24.9 Å². The van der Waals surface area contributed by atoms with Crippen LogP contribution in [0, 0.1) is 10.1 Å². The molecule has 0 bridgehead atoms. The van der Waals surface area contributed by atoms with Gasteiger partial charge in [0.15, 0.2) is 0 Å². The molecule has 0 amide bonds. The number of anilines is 1. The first-order chi connectivity index (χ1) is 10.1. The molecule has 3 rings (SSSR count). The summed E-state index contributed by atoms with van der Waals surface area (Å²) in [5.41, 5.74) is 3.54. The zero-order valence-corrected chi connectivity index (χ0v) is 12.1. The van der Waals surface area contributed by atoms with Crippen LogP contribution in [-0.4, -0.2) is 11.0 Å². The molecule has 21 heavy (non-hydrogen) atoms. The fraction of sp³-hybridized carbons (Fsp3) is 0.250. The maximum absolute atomic E-state index is 10.7. The van der Waals surface area contributed by atoms with E-state index < -0.39 is 4.92 Å². The number of fused-ring (bicyclic) bond motifs is 1. The van der Waals surface area contributed by atoms with Crippen molar-refractivity contribution in [3.05, 3.63) is 68.7 Å². The molecule has 0 aliphatic heterocycles. The van der Waals surface area contributed by atoms with E-state index in [2.05, 4.69) is 29.6 Å². The van der Waals surface area contributed by atoms with Crippen LogP contribution in [0.5, 0.6) is 0 Å². The molecular weight excluding hydrogens is 288 g/mol. The van der Waals surface area contributed by atoms with Crippen LogP contribution in [0.1, 0.15) is 17.5 Å². The van der Waals surface area contributed by atoms with E-state index >= 15 is 0 Å². The molecule has 0 heterocycles. The van der Waals surface area contributed by atoms with E-state index in [1.54, 1.807) is 6.07 Å². The summed E-state index contributed by atoms with van der Waals surface area (Å²) in [6.45, 7) is 0. The summed E-state index contributed by atoms with van der Waals surface area (Å²) in [6, 6.07) is 13.3. The molecule has 1 N–H and O–H groups in total. The van der Waals surface area contributed by atoms with Crippen LogP contribution in [0.25, 0.3) is 0 Å². The van der Waals surface area contributed by atoms with Gasteiger partial charge in [-0.3, -0.25) is 10.1 Å². The number of non-ortho nitro benzene ring substituents is 1. The predicted octanol–water partition coefficient (Wildman–Crippen LogP) is 4.22. The zero-order chi connectivity index (χ0) is 14.8. The fourth-order valence-corrected chi connectivity index (χ4v) is 3.00. The highest BCUT2D eigenvalue weighted by Crippen LogP contribution is 2.29. The Labute approximate surface area is 127 Å². The number of hydrogen-bond donors (Lipinski definition) is 1. The Balaban J connectivity index is 1.75. The molecule has 1 atom stereocenters. The summed E-state index contributed by atoms with van der Waals surface area (Å²) in [6.07, 6.45) is 3.02. The minimum absolute atomic E-state index is 0.0135. The number of aryl methyl sites for hydroxylation is 1. The molecule has 4 nitrogen and oxygen atoms in total. The second-order valence-electron chi connectivity index (χ2n) is 5.27. The zero-order valence-electron chi connectivity index (χ0n) is 11.4. The summed E-state index contributed by atoms with van der Waals surface area (Å²) in [5.74, 6) is 0. The lowest BCUT2D eigenvalue weighted by Gasteiger charge is -2.26. The third-order valence-corrected chi connectivity index (χ3v) is 4.18. The minimum atomic E-state index is -0.438. The molecule has 1 unspecified atom stereocenters. The van der Waals surface area contributed by atoms with E-state index in [0.29, 0.717) is 11.1 Å². The van der Waals surface area contributed by atoms with Gasteiger partial charge in [-0.25, -0.2) is 0 Å². The minimum Gasteiger partial charge on any atom is -0.381 e. The number of rotatable bonds is 3. The summed E-state index contributed by atoms with van der Waals surface area (Å²) < 4.78 is 0. The van der Waals surface area contributed by atoms with E-state index in [1.165, 1.54) is 23.3 Å². The van der Waals surface area contributed by atoms with Gasteiger partial charge in [0.2, 0.25) is 0 Å². The molecular formula is C16H15ClN2O2. The Bertz CT molecular complexity index is 688. The summed E-state index contributed by atoms with van der Waals surface area (Å²) >= 11 is 6.13. The normalized spacial score (nSPS) is 17.1. The van der Waals surface area contributed by atoms with Gasteiger partial charge in [0.1, 0.15) is 0 Å². The number of nitrogens with one attached hydrogen (secondary N) is 1. The lowest BCUT2D eigenvalue weighted by atomic mass is 9.88. The Morgan fingerprint density at radius 3 is 2.67 bits per heavy atom. The van der Waals surface area contributed by atoms with Crippen molar-refractivity contribution in [3.8, 4) is 0 Å². The van der Waals surface area contributed by atoms with Crippen molar-refractivity contribution in [1.29, 1.82) is 0 Å². The van der Waals surface area contributed by atoms with E-state index in [4.69, 9.17) is 11.6 Å². The van der Waals surface area contributed by atoms with Gasteiger partial charge in [-0.1, -0.05) is 35.9 Å². The SMILES string of the molecule is O=[N+]([O-])c1ccc(NC2CCc3ccccc3C2)c(Cl)c1. The number of halogens is 1. The lowest BCUT2D eigenvalue weighted by molar-refractivity contribution is -0.384. The number of nitrogens with zero attached hydrogens (tertiary/aromatic N) is 1. The highest BCUT2D eigenvalue weighted by Gasteiger charge is 2.19. The maximum atomic E-state index is 10.7. The topological polar surface area (TPSA) is 55.2 Å². The van der Waals surface area contributed by atoms with Gasteiger partial charge < -0.3 is 5.32 Å². The molecule has 0 spiro atoms. The fourth-order valence-electron chi connectivity index (χ4n) is 2.78. The van der Waals surface area contributed by atoms with Crippen molar-refractivity contribution in [2.24, 2.45) is 0 Å². The molecule has 2 aromatic rings. The largest absolute Gasteiger partial charge is 0.381 e. The van der Waals surface area contributed by atoms with Crippen LogP contribution in [0.2, 0.25) is 5.02 Å². The van der Waals surface area contributed by atoms with Gasteiger partial charge in [0, 0.05) is 18.2 Å². The number of hydrogen-bond acceptors (Lipinski definition) is 3. The Hall–Kier alpha value is -2.07. The first kappa shape index (κ1) is 13.9. The van der Waals surface area contributed by atoms with Gasteiger partial charge in [0.05, 0.1) is 15.6 Å². The molecule has 2 aromatic carbocycles. The predicted molar refractivity (Wildman–Crippen MR) is 84.0 cm³/mol. The van der Waals surface area contributed by atoms with Crippen molar-refractivity contribution in [2.75, 3.05) is 5.32 Å². The highest BCUT2D eigenvalue weighted by atomic mass is 35.5. The number of benzene rings is 2. The first-order valence-corrected chi connectivity index (χ1v) is 7.28. The smallest absolute Gasteiger partial charge is 0.271 e. The molecule has 0 saturated heterocycles. The Kier molecular flexibility index (Phi) is 3.80. The second-order valence-corrected chi connectivity index (χ2v) is 5.68. The quantitative estimate of drug-likeness (QED) is 0.682. The van der Waals surface area contributed by atoms with Crippen LogP contribution in [0.15, 0.2) is 42.5 Å². The van der Waals surface area contributed by atoms with E-state index in [1.807, 2.05) is 0 Å². The third kappa shape index (κ3) is 3.00. The molecule has 5 heteroatoms. The molecule has 0 radical (unpaired) electrons. The lowest BCUT2D eigenvalue weighted by Crippen LogP contribution is -2.27. The van der Waals surface area contributed by atoms with Gasteiger partial charge in [-0.05, 0) is 36.5 Å². The third-order valence-electron chi connectivity index (χ3n) is 3.87.